The topological polar surface area (TPSA) is 64.3 Å². The van der Waals surface area contributed by atoms with E-state index in [0.717, 1.165) is 13.0 Å². The molecule has 5 heteroatoms. The van der Waals surface area contributed by atoms with Crippen LogP contribution in [0.2, 0.25) is 0 Å². The van der Waals surface area contributed by atoms with Crippen molar-refractivity contribution in [2.75, 3.05) is 26.0 Å². The second-order valence-electron chi connectivity index (χ2n) is 5.37. The third-order valence-corrected chi connectivity index (χ3v) is 4.08. The summed E-state index contributed by atoms with van der Waals surface area (Å²) in [7, 11) is 1.72. The van der Waals surface area contributed by atoms with Gasteiger partial charge in [-0.2, -0.15) is 0 Å². The fourth-order valence-corrected chi connectivity index (χ4v) is 2.58. The quantitative estimate of drug-likeness (QED) is 0.794. The van der Waals surface area contributed by atoms with Gasteiger partial charge in [0.05, 0.1) is 5.56 Å². The maximum absolute atomic E-state index is 12.1. The number of ether oxygens (including phenoxy) is 1. The molecule has 0 unspecified atom stereocenters. The van der Waals surface area contributed by atoms with Gasteiger partial charge >= 0.3 is 0 Å². The zero-order chi connectivity index (χ0) is 13.7. The van der Waals surface area contributed by atoms with Gasteiger partial charge in [-0.1, -0.05) is 18.6 Å². The van der Waals surface area contributed by atoms with Gasteiger partial charge in [0.2, 0.25) is 0 Å². The summed E-state index contributed by atoms with van der Waals surface area (Å²) in [6, 6.07) is 7.17. The molecule has 0 bridgehead atoms. The highest BCUT2D eigenvalue weighted by atomic mass is 35.5. The summed E-state index contributed by atoms with van der Waals surface area (Å²) in [5, 5.41) is 3.02. The molecule has 0 aliphatic heterocycles. The average molecular weight is 299 g/mol. The van der Waals surface area contributed by atoms with Crippen LogP contribution < -0.4 is 11.1 Å². The highest BCUT2D eigenvalue weighted by Crippen LogP contribution is 2.43. The molecule has 1 aromatic rings. The van der Waals surface area contributed by atoms with Crippen LogP contribution >= 0.6 is 12.4 Å². The predicted molar refractivity (Wildman–Crippen MR) is 83.2 cm³/mol. The molecule has 1 fully saturated rings. The summed E-state index contributed by atoms with van der Waals surface area (Å²) in [6.45, 7) is 1.47. The van der Waals surface area contributed by atoms with Gasteiger partial charge in [-0.05, 0) is 36.8 Å². The van der Waals surface area contributed by atoms with Gasteiger partial charge in [0, 0.05) is 25.9 Å². The minimum Gasteiger partial charge on any atom is -0.398 e. The molecule has 0 spiro atoms. The van der Waals surface area contributed by atoms with E-state index in [0.29, 0.717) is 17.8 Å². The summed E-state index contributed by atoms with van der Waals surface area (Å²) in [6.07, 6.45) is 4.59. The third kappa shape index (κ3) is 3.87. The first-order chi connectivity index (χ1) is 9.17. The van der Waals surface area contributed by atoms with Gasteiger partial charge in [-0.25, -0.2) is 0 Å². The monoisotopic (exact) mass is 298 g/mol. The standard InChI is InChI=1S/C15H22N2O2.ClH/c1-19-10-9-15(7-4-8-15)11-17-14(18)12-5-2-3-6-13(12)16;/h2-3,5-6H,4,7-11,16H2,1H3,(H,17,18);1H. The molecular weight excluding hydrogens is 276 g/mol. The van der Waals surface area contributed by atoms with Crippen LogP contribution in [-0.2, 0) is 4.74 Å². The van der Waals surface area contributed by atoms with E-state index in [1.54, 1.807) is 19.2 Å². The molecule has 0 aromatic heterocycles. The molecule has 0 atom stereocenters. The minimum absolute atomic E-state index is 0. The molecule has 1 aliphatic carbocycles. The van der Waals surface area contributed by atoms with Crippen LogP contribution in [0.15, 0.2) is 24.3 Å². The van der Waals surface area contributed by atoms with Crippen molar-refractivity contribution in [3.63, 3.8) is 0 Å². The van der Waals surface area contributed by atoms with E-state index in [1.165, 1.54) is 19.3 Å². The SMILES string of the molecule is COCCC1(CNC(=O)c2ccccc2N)CCC1.Cl. The second-order valence-corrected chi connectivity index (χ2v) is 5.37. The lowest BCUT2D eigenvalue weighted by atomic mass is 9.66. The summed E-state index contributed by atoms with van der Waals surface area (Å²) in [4.78, 5) is 12.1. The van der Waals surface area contributed by atoms with E-state index in [4.69, 9.17) is 10.5 Å². The van der Waals surface area contributed by atoms with Crippen molar-refractivity contribution in [3.8, 4) is 0 Å². The number of hydrogen-bond acceptors (Lipinski definition) is 3. The normalized spacial score (nSPS) is 15.8. The Kier molecular flexibility index (Phi) is 6.30. The van der Waals surface area contributed by atoms with E-state index >= 15 is 0 Å². The second kappa shape index (κ2) is 7.50. The van der Waals surface area contributed by atoms with E-state index in [2.05, 4.69) is 5.32 Å². The molecule has 1 amide bonds. The summed E-state index contributed by atoms with van der Waals surface area (Å²) in [5.41, 5.74) is 7.12. The van der Waals surface area contributed by atoms with Crippen LogP contribution in [0.25, 0.3) is 0 Å². The molecule has 20 heavy (non-hydrogen) atoms. The fraction of sp³-hybridized carbons (Fsp3) is 0.533. The van der Waals surface area contributed by atoms with Gasteiger partial charge in [0.15, 0.2) is 0 Å². The molecule has 0 radical (unpaired) electrons. The Hall–Kier alpha value is -1.26. The summed E-state index contributed by atoms with van der Waals surface area (Å²) >= 11 is 0. The Morgan fingerprint density at radius 2 is 2.10 bits per heavy atom. The maximum Gasteiger partial charge on any atom is 0.253 e. The molecule has 4 nitrogen and oxygen atoms in total. The highest BCUT2D eigenvalue weighted by Gasteiger charge is 2.36. The van der Waals surface area contributed by atoms with E-state index < -0.39 is 0 Å². The molecule has 1 aliphatic rings. The van der Waals surface area contributed by atoms with Crippen molar-refractivity contribution in [2.24, 2.45) is 5.41 Å². The lowest BCUT2D eigenvalue weighted by Crippen LogP contribution is -2.43. The van der Waals surface area contributed by atoms with Crippen LogP contribution in [0, 0.1) is 5.41 Å². The van der Waals surface area contributed by atoms with Crippen molar-refractivity contribution in [2.45, 2.75) is 25.7 Å². The van der Waals surface area contributed by atoms with Gasteiger partial charge in [0.1, 0.15) is 0 Å². The molecular formula is C15H23ClN2O2. The average Bonchev–Trinajstić information content (AvgIpc) is 2.37. The lowest BCUT2D eigenvalue weighted by Gasteiger charge is -2.42. The minimum atomic E-state index is -0.0817. The number of nitrogen functional groups attached to an aromatic ring is 1. The lowest BCUT2D eigenvalue weighted by molar-refractivity contribution is 0.0632. The molecule has 112 valence electrons. The number of amides is 1. The summed E-state index contributed by atoms with van der Waals surface area (Å²) < 4.78 is 5.15. The first-order valence-corrected chi connectivity index (χ1v) is 6.78. The Bertz CT molecular complexity index is 447. The Morgan fingerprint density at radius 3 is 2.65 bits per heavy atom. The van der Waals surface area contributed by atoms with Gasteiger partial charge < -0.3 is 15.8 Å². The Balaban J connectivity index is 0.00000200. The number of benzene rings is 1. The summed E-state index contributed by atoms with van der Waals surface area (Å²) in [5.74, 6) is -0.0817. The van der Waals surface area contributed by atoms with Crippen LogP contribution in [0.3, 0.4) is 0 Å². The van der Waals surface area contributed by atoms with Gasteiger partial charge in [-0.15, -0.1) is 12.4 Å². The zero-order valence-electron chi connectivity index (χ0n) is 11.9. The predicted octanol–water partition coefficient (Wildman–Crippen LogP) is 2.63. The largest absolute Gasteiger partial charge is 0.398 e. The van der Waals surface area contributed by atoms with Crippen molar-refractivity contribution in [1.29, 1.82) is 0 Å². The number of carbonyl (C=O) groups excluding carboxylic acids is 1. The number of para-hydroxylation sites is 1. The number of halogens is 1. The van der Waals surface area contributed by atoms with E-state index in [1.807, 2.05) is 12.1 Å². The third-order valence-electron chi connectivity index (χ3n) is 4.08. The molecule has 2 rings (SSSR count). The van der Waals surface area contributed by atoms with Crippen LogP contribution in [0.5, 0.6) is 0 Å². The molecule has 0 heterocycles. The number of rotatable bonds is 6. The molecule has 1 aromatic carbocycles. The van der Waals surface area contributed by atoms with Crippen molar-refractivity contribution in [1.82, 2.24) is 5.32 Å². The molecule has 0 saturated heterocycles. The van der Waals surface area contributed by atoms with Crippen molar-refractivity contribution in [3.05, 3.63) is 29.8 Å². The first kappa shape index (κ1) is 16.8. The molecule has 1 saturated carbocycles. The number of nitrogens with one attached hydrogen (secondary N) is 1. The van der Waals surface area contributed by atoms with Crippen LogP contribution in [0.4, 0.5) is 5.69 Å². The van der Waals surface area contributed by atoms with Crippen LogP contribution in [-0.4, -0.2) is 26.2 Å². The number of nitrogens with two attached hydrogens (primary N) is 1. The van der Waals surface area contributed by atoms with Crippen molar-refractivity contribution >= 4 is 24.0 Å². The number of methoxy groups -OCH3 is 1. The van der Waals surface area contributed by atoms with Gasteiger partial charge in [-0.3, -0.25) is 4.79 Å². The Labute approximate surface area is 126 Å². The van der Waals surface area contributed by atoms with Gasteiger partial charge in [0.25, 0.3) is 5.91 Å². The van der Waals surface area contributed by atoms with E-state index in [-0.39, 0.29) is 23.7 Å². The van der Waals surface area contributed by atoms with Crippen molar-refractivity contribution < 1.29 is 9.53 Å². The smallest absolute Gasteiger partial charge is 0.253 e. The zero-order valence-corrected chi connectivity index (χ0v) is 12.7. The highest BCUT2D eigenvalue weighted by molar-refractivity contribution is 5.99. The molecule has 3 N–H and O–H groups in total. The number of carbonyl (C=O) groups is 1. The first-order valence-electron chi connectivity index (χ1n) is 6.78. The maximum atomic E-state index is 12.1. The fourth-order valence-electron chi connectivity index (χ4n) is 2.58. The Morgan fingerprint density at radius 1 is 1.40 bits per heavy atom. The van der Waals surface area contributed by atoms with E-state index in [9.17, 15) is 4.79 Å². The number of hydrogen-bond donors (Lipinski definition) is 2. The van der Waals surface area contributed by atoms with Crippen LogP contribution in [0.1, 0.15) is 36.0 Å². The number of anilines is 1.